The van der Waals surface area contributed by atoms with Crippen molar-refractivity contribution in [3.63, 3.8) is 0 Å². The van der Waals surface area contributed by atoms with Gasteiger partial charge < -0.3 is 9.84 Å². The Balaban J connectivity index is 2.07. The third-order valence-electron chi connectivity index (χ3n) is 3.93. The first-order valence-corrected chi connectivity index (χ1v) is 5.32. The first-order valence-electron chi connectivity index (χ1n) is 5.32. The molecule has 3 fully saturated rings. The molecule has 0 amide bonds. The minimum atomic E-state index is -0.754. The zero-order valence-electron chi connectivity index (χ0n) is 8.91. The second-order valence-corrected chi connectivity index (χ2v) is 5.05. The maximum absolute atomic E-state index is 11.6. The van der Waals surface area contributed by atoms with Crippen LogP contribution < -0.4 is 0 Å². The van der Waals surface area contributed by atoms with Crippen LogP contribution in [0, 0.1) is 10.8 Å². The summed E-state index contributed by atoms with van der Waals surface area (Å²) in [5.41, 5.74) is -0.458. The summed E-state index contributed by atoms with van der Waals surface area (Å²) >= 11 is 0. The van der Waals surface area contributed by atoms with Gasteiger partial charge in [-0.05, 0) is 31.1 Å². The quantitative estimate of drug-likeness (QED) is 0.721. The molecule has 2 bridgehead atoms. The van der Waals surface area contributed by atoms with E-state index in [1.807, 2.05) is 0 Å². The monoisotopic (exact) mass is 212 g/mol. The van der Waals surface area contributed by atoms with Crippen molar-refractivity contribution in [1.82, 2.24) is 0 Å². The number of hydrogen-bond acceptors (Lipinski definition) is 3. The van der Waals surface area contributed by atoms with E-state index in [1.165, 1.54) is 7.11 Å². The molecule has 3 saturated carbocycles. The maximum Gasteiger partial charge on any atom is 0.311 e. The van der Waals surface area contributed by atoms with E-state index in [2.05, 4.69) is 0 Å². The van der Waals surface area contributed by atoms with Crippen LogP contribution in [0.25, 0.3) is 0 Å². The van der Waals surface area contributed by atoms with Gasteiger partial charge >= 0.3 is 11.9 Å². The molecule has 0 atom stereocenters. The largest absolute Gasteiger partial charge is 0.481 e. The summed E-state index contributed by atoms with van der Waals surface area (Å²) in [6, 6.07) is 0. The molecule has 3 aliphatic carbocycles. The summed E-state index contributed by atoms with van der Waals surface area (Å²) in [5, 5.41) is 8.82. The molecule has 0 radical (unpaired) electrons. The van der Waals surface area contributed by atoms with Gasteiger partial charge in [-0.2, -0.15) is 0 Å². The topological polar surface area (TPSA) is 63.6 Å². The van der Waals surface area contributed by atoms with Crippen molar-refractivity contribution in [2.45, 2.75) is 38.5 Å². The van der Waals surface area contributed by atoms with Crippen molar-refractivity contribution in [3.8, 4) is 0 Å². The van der Waals surface area contributed by atoms with Crippen molar-refractivity contribution in [2.24, 2.45) is 10.8 Å². The average Bonchev–Trinajstić information content (AvgIpc) is 2.14. The van der Waals surface area contributed by atoms with Crippen LogP contribution in [0.15, 0.2) is 0 Å². The molecule has 4 nitrogen and oxygen atoms in total. The second kappa shape index (κ2) is 3.22. The Morgan fingerprint density at radius 1 is 1.33 bits per heavy atom. The number of ether oxygens (including phenoxy) is 1. The Bertz CT molecular complexity index is 302. The number of carbonyl (C=O) groups is 2. The first-order chi connectivity index (χ1) is 7.02. The molecule has 4 heteroatoms. The van der Waals surface area contributed by atoms with Gasteiger partial charge in [0.2, 0.25) is 0 Å². The third kappa shape index (κ3) is 1.52. The van der Waals surface area contributed by atoms with E-state index in [0.29, 0.717) is 12.8 Å². The molecule has 15 heavy (non-hydrogen) atoms. The fourth-order valence-corrected chi connectivity index (χ4v) is 3.54. The number of rotatable bonds is 3. The van der Waals surface area contributed by atoms with Crippen molar-refractivity contribution in [1.29, 1.82) is 0 Å². The van der Waals surface area contributed by atoms with Gasteiger partial charge in [0.25, 0.3) is 0 Å². The van der Waals surface area contributed by atoms with Crippen molar-refractivity contribution < 1.29 is 19.4 Å². The van der Waals surface area contributed by atoms with Gasteiger partial charge in [-0.3, -0.25) is 9.59 Å². The fourth-order valence-electron chi connectivity index (χ4n) is 3.54. The average molecular weight is 212 g/mol. The highest BCUT2D eigenvalue weighted by Gasteiger charge is 2.61. The molecular weight excluding hydrogens is 196 g/mol. The van der Waals surface area contributed by atoms with Gasteiger partial charge in [0, 0.05) is 0 Å². The van der Waals surface area contributed by atoms with Crippen molar-refractivity contribution >= 4 is 11.9 Å². The predicted molar refractivity (Wildman–Crippen MR) is 52.2 cm³/mol. The van der Waals surface area contributed by atoms with Crippen molar-refractivity contribution in [3.05, 3.63) is 0 Å². The van der Waals surface area contributed by atoms with Gasteiger partial charge in [-0.1, -0.05) is 6.42 Å². The Hall–Kier alpha value is -1.06. The Labute approximate surface area is 88.6 Å². The van der Waals surface area contributed by atoms with Crippen LogP contribution in [0.5, 0.6) is 0 Å². The van der Waals surface area contributed by atoms with Gasteiger partial charge in [0.1, 0.15) is 0 Å². The van der Waals surface area contributed by atoms with Gasteiger partial charge in [0.05, 0.1) is 18.9 Å². The van der Waals surface area contributed by atoms with E-state index in [-0.39, 0.29) is 23.2 Å². The zero-order valence-corrected chi connectivity index (χ0v) is 8.91. The number of hydrogen-bond donors (Lipinski definition) is 1. The van der Waals surface area contributed by atoms with E-state index in [4.69, 9.17) is 9.84 Å². The molecule has 3 rings (SSSR count). The highest BCUT2D eigenvalue weighted by atomic mass is 16.5. The predicted octanol–water partition coefficient (Wildman–Crippen LogP) is 1.58. The molecule has 0 heterocycles. The third-order valence-corrected chi connectivity index (χ3v) is 3.93. The summed E-state index contributed by atoms with van der Waals surface area (Å²) in [7, 11) is 1.41. The molecule has 0 spiro atoms. The molecule has 0 unspecified atom stereocenters. The van der Waals surface area contributed by atoms with Crippen LogP contribution in [-0.4, -0.2) is 24.2 Å². The number of fused-ring (bicyclic) bond motifs is 2. The number of methoxy groups -OCH3 is 1. The van der Waals surface area contributed by atoms with Crippen LogP contribution in [0.2, 0.25) is 0 Å². The molecule has 0 saturated heterocycles. The smallest absolute Gasteiger partial charge is 0.311 e. The van der Waals surface area contributed by atoms with Crippen LogP contribution in [-0.2, 0) is 14.3 Å². The number of carboxylic acids is 1. The van der Waals surface area contributed by atoms with Crippen LogP contribution in [0.4, 0.5) is 0 Å². The van der Waals surface area contributed by atoms with Crippen LogP contribution in [0.3, 0.4) is 0 Å². The fraction of sp³-hybridized carbons (Fsp3) is 0.818. The standard InChI is InChI=1S/C11H16O4/c1-15-9(14)11-4-2-3-10(6-11,7-11)5-8(12)13/h2-7H2,1H3,(H,12,13). The Morgan fingerprint density at radius 3 is 2.53 bits per heavy atom. The summed E-state index contributed by atoms with van der Waals surface area (Å²) in [4.78, 5) is 22.3. The molecule has 0 aliphatic heterocycles. The van der Waals surface area contributed by atoms with E-state index < -0.39 is 5.97 Å². The summed E-state index contributed by atoms with van der Waals surface area (Å²) < 4.78 is 4.79. The van der Waals surface area contributed by atoms with Gasteiger partial charge in [-0.25, -0.2) is 0 Å². The maximum atomic E-state index is 11.6. The lowest BCUT2D eigenvalue weighted by atomic mass is 9.45. The van der Waals surface area contributed by atoms with E-state index in [1.54, 1.807) is 0 Å². The highest BCUT2D eigenvalue weighted by Crippen LogP contribution is 2.65. The molecule has 0 aromatic carbocycles. The molecule has 84 valence electrons. The lowest BCUT2D eigenvalue weighted by Gasteiger charge is -2.58. The molecular formula is C11H16O4. The zero-order chi connectivity index (χ0) is 11.1. The van der Waals surface area contributed by atoms with E-state index in [0.717, 1.165) is 19.3 Å². The molecule has 0 aromatic heterocycles. The second-order valence-electron chi connectivity index (χ2n) is 5.05. The van der Waals surface area contributed by atoms with Gasteiger partial charge in [0.15, 0.2) is 0 Å². The van der Waals surface area contributed by atoms with E-state index in [9.17, 15) is 9.59 Å². The van der Waals surface area contributed by atoms with Crippen LogP contribution in [0.1, 0.15) is 38.5 Å². The Kier molecular flexibility index (Phi) is 2.24. The summed E-state index contributed by atoms with van der Waals surface area (Å²) in [5.74, 6) is -0.904. The molecule has 1 N–H and O–H groups in total. The van der Waals surface area contributed by atoms with E-state index >= 15 is 0 Å². The summed E-state index contributed by atoms with van der Waals surface area (Å²) in [6.07, 6.45) is 4.37. The molecule has 0 aromatic rings. The van der Waals surface area contributed by atoms with Gasteiger partial charge in [-0.15, -0.1) is 0 Å². The SMILES string of the molecule is COC(=O)C12CCCC(CC(=O)O)(C1)C2. The number of esters is 1. The van der Waals surface area contributed by atoms with Crippen LogP contribution >= 0.6 is 0 Å². The minimum Gasteiger partial charge on any atom is -0.481 e. The Morgan fingerprint density at radius 2 is 2.00 bits per heavy atom. The number of aliphatic carboxylic acids is 1. The number of carboxylic acid groups (broad SMARTS) is 1. The van der Waals surface area contributed by atoms with Crippen molar-refractivity contribution in [2.75, 3.05) is 7.11 Å². The normalized spacial score (nSPS) is 37.9. The summed E-state index contributed by atoms with van der Waals surface area (Å²) in [6.45, 7) is 0. The lowest BCUT2D eigenvalue weighted by molar-refractivity contribution is -0.184. The first kappa shape index (κ1) is 10.5. The molecule has 3 aliphatic rings. The lowest BCUT2D eigenvalue weighted by Crippen LogP contribution is -2.55. The minimum absolute atomic E-state index is 0.113. The number of carbonyl (C=O) groups excluding carboxylic acids is 1. The highest BCUT2D eigenvalue weighted by molar-refractivity contribution is 5.79.